The van der Waals surface area contributed by atoms with Gasteiger partial charge in [-0.05, 0) is 13.8 Å². The molecule has 1 aromatic rings. The average Bonchev–Trinajstić information content (AvgIpc) is 2.06. The highest BCUT2D eigenvalue weighted by Gasteiger charge is 2.12. The van der Waals surface area contributed by atoms with E-state index in [1.807, 2.05) is 13.8 Å². The van der Waals surface area contributed by atoms with E-state index in [2.05, 4.69) is 15.3 Å². The second-order valence-corrected chi connectivity index (χ2v) is 4.11. The van der Waals surface area contributed by atoms with E-state index >= 15 is 0 Å². The maximum absolute atomic E-state index is 11.1. The van der Waals surface area contributed by atoms with Gasteiger partial charge in [0.15, 0.2) is 5.82 Å². The second kappa shape index (κ2) is 3.98. The summed E-state index contributed by atoms with van der Waals surface area (Å²) >= 11 is 5.71. The molecular weight excluding hydrogens is 204 g/mol. The molecule has 0 saturated heterocycles. The van der Waals surface area contributed by atoms with E-state index in [9.17, 15) is 4.79 Å². The summed E-state index contributed by atoms with van der Waals surface area (Å²) in [6.45, 7) is 4.21. The van der Waals surface area contributed by atoms with Crippen LogP contribution in [0.1, 0.15) is 13.8 Å². The standard InChI is InChI=1S/C8H13ClN4O/c1-8(2,10)3-11-6-5(9)7(14)13-4-12-6/h4H,3,10H2,1-2H3,(H2,11,12,13,14). The van der Waals surface area contributed by atoms with Crippen molar-refractivity contribution in [3.63, 3.8) is 0 Å². The first kappa shape index (κ1) is 11.0. The summed E-state index contributed by atoms with van der Waals surface area (Å²) in [6.07, 6.45) is 1.29. The molecule has 0 fully saturated rings. The van der Waals surface area contributed by atoms with Crippen molar-refractivity contribution in [3.05, 3.63) is 21.7 Å². The van der Waals surface area contributed by atoms with Crippen LogP contribution in [-0.2, 0) is 0 Å². The van der Waals surface area contributed by atoms with Gasteiger partial charge in [-0.3, -0.25) is 4.79 Å². The molecule has 0 spiro atoms. The summed E-state index contributed by atoms with van der Waals surface area (Å²) in [5, 5.41) is 2.96. The van der Waals surface area contributed by atoms with Crippen LogP contribution in [0.3, 0.4) is 0 Å². The minimum Gasteiger partial charge on any atom is -0.367 e. The zero-order chi connectivity index (χ0) is 10.8. The molecule has 14 heavy (non-hydrogen) atoms. The smallest absolute Gasteiger partial charge is 0.271 e. The number of anilines is 1. The van der Waals surface area contributed by atoms with Gasteiger partial charge in [0.25, 0.3) is 5.56 Å². The zero-order valence-corrected chi connectivity index (χ0v) is 8.85. The van der Waals surface area contributed by atoms with Gasteiger partial charge < -0.3 is 16.0 Å². The maximum atomic E-state index is 11.1. The number of halogens is 1. The Balaban J connectivity index is 2.78. The molecular formula is C8H13ClN4O. The van der Waals surface area contributed by atoms with Crippen LogP contribution in [0.15, 0.2) is 11.1 Å². The molecule has 0 aliphatic heterocycles. The summed E-state index contributed by atoms with van der Waals surface area (Å²) in [4.78, 5) is 17.3. The Hall–Kier alpha value is -1.07. The predicted octanol–water partition coefficient (Wildman–Crippen LogP) is 0.573. The number of nitrogens with zero attached hydrogens (tertiary/aromatic N) is 1. The number of H-pyrrole nitrogens is 1. The lowest BCUT2D eigenvalue weighted by molar-refractivity contribution is 0.548. The molecule has 0 saturated carbocycles. The average molecular weight is 217 g/mol. The van der Waals surface area contributed by atoms with Gasteiger partial charge in [-0.15, -0.1) is 0 Å². The molecule has 0 amide bonds. The molecule has 0 radical (unpaired) electrons. The first-order valence-corrected chi connectivity index (χ1v) is 4.54. The lowest BCUT2D eigenvalue weighted by Gasteiger charge is -2.19. The van der Waals surface area contributed by atoms with Gasteiger partial charge in [-0.25, -0.2) is 4.98 Å². The van der Waals surface area contributed by atoms with Crippen LogP contribution in [0.2, 0.25) is 5.02 Å². The molecule has 1 heterocycles. The van der Waals surface area contributed by atoms with Crippen molar-refractivity contribution in [1.29, 1.82) is 0 Å². The fourth-order valence-electron chi connectivity index (χ4n) is 0.818. The molecule has 6 heteroatoms. The minimum atomic E-state index is -0.381. The van der Waals surface area contributed by atoms with E-state index in [1.165, 1.54) is 6.33 Å². The van der Waals surface area contributed by atoms with Gasteiger partial charge in [0.2, 0.25) is 0 Å². The van der Waals surface area contributed by atoms with Gasteiger partial charge in [0.1, 0.15) is 5.02 Å². The van der Waals surface area contributed by atoms with E-state index in [-0.39, 0.29) is 16.1 Å². The first-order chi connectivity index (χ1) is 6.40. The maximum Gasteiger partial charge on any atom is 0.271 e. The Labute approximate surface area is 86.7 Å². The van der Waals surface area contributed by atoms with Crippen LogP contribution in [0, 0.1) is 0 Å². The molecule has 0 unspecified atom stereocenters. The lowest BCUT2D eigenvalue weighted by atomic mass is 10.1. The Morgan fingerprint density at radius 2 is 2.36 bits per heavy atom. The van der Waals surface area contributed by atoms with Crippen molar-refractivity contribution in [2.24, 2.45) is 5.73 Å². The van der Waals surface area contributed by atoms with Crippen LogP contribution >= 0.6 is 11.6 Å². The largest absolute Gasteiger partial charge is 0.367 e. The molecule has 0 aromatic carbocycles. The molecule has 0 bridgehead atoms. The van der Waals surface area contributed by atoms with Crippen molar-refractivity contribution in [2.45, 2.75) is 19.4 Å². The van der Waals surface area contributed by atoms with Gasteiger partial charge in [-0.1, -0.05) is 11.6 Å². The summed E-state index contributed by atoms with van der Waals surface area (Å²) in [5.74, 6) is 0.356. The van der Waals surface area contributed by atoms with Crippen LogP contribution in [-0.4, -0.2) is 22.1 Å². The van der Waals surface area contributed by atoms with Crippen molar-refractivity contribution in [1.82, 2.24) is 9.97 Å². The molecule has 0 aliphatic rings. The zero-order valence-electron chi connectivity index (χ0n) is 8.10. The Morgan fingerprint density at radius 1 is 1.71 bits per heavy atom. The Kier molecular flexibility index (Phi) is 3.13. The Bertz CT molecular complexity index is 368. The van der Waals surface area contributed by atoms with Gasteiger partial charge in [-0.2, -0.15) is 0 Å². The van der Waals surface area contributed by atoms with E-state index < -0.39 is 0 Å². The summed E-state index contributed by atoms with van der Waals surface area (Å²) in [5.41, 5.74) is 5.01. The number of aromatic nitrogens is 2. The van der Waals surface area contributed by atoms with E-state index in [4.69, 9.17) is 17.3 Å². The highest BCUT2D eigenvalue weighted by molar-refractivity contribution is 6.32. The van der Waals surface area contributed by atoms with Crippen LogP contribution < -0.4 is 16.6 Å². The van der Waals surface area contributed by atoms with Crippen molar-refractivity contribution in [2.75, 3.05) is 11.9 Å². The highest BCUT2D eigenvalue weighted by atomic mass is 35.5. The fraction of sp³-hybridized carbons (Fsp3) is 0.500. The molecule has 1 rings (SSSR count). The lowest BCUT2D eigenvalue weighted by Crippen LogP contribution is -2.40. The van der Waals surface area contributed by atoms with Gasteiger partial charge >= 0.3 is 0 Å². The van der Waals surface area contributed by atoms with Crippen molar-refractivity contribution in [3.8, 4) is 0 Å². The van der Waals surface area contributed by atoms with Crippen molar-refractivity contribution < 1.29 is 0 Å². The number of nitrogens with one attached hydrogen (secondary N) is 2. The van der Waals surface area contributed by atoms with Crippen LogP contribution in [0.25, 0.3) is 0 Å². The van der Waals surface area contributed by atoms with Crippen LogP contribution in [0.4, 0.5) is 5.82 Å². The number of aromatic amines is 1. The minimum absolute atomic E-state index is 0.0525. The van der Waals surface area contributed by atoms with E-state index in [0.29, 0.717) is 12.4 Å². The van der Waals surface area contributed by atoms with Crippen LogP contribution in [0.5, 0.6) is 0 Å². The normalized spacial score (nSPS) is 11.4. The monoisotopic (exact) mass is 216 g/mol. The predicted molar refractivity (Wildman–Crippen MR) is 56.6 cm³/mol. The van der Waals surface area contributed by atoms with E-state index in [1.54, 1.807) is 0 Å². The number of hydrogen-bond donors (Lipinski definition) is 3. The molecule has 0 aliphatic carbocycles. The third-order valence-corrected chi connectivity index (χ3v) is 1.86. The molecule has 1 aromatic heterocycles. The van der Waals surface area contributed by atoms with Gasteiger partial charge in [0.05, 0.1) is 6.33 Å². The third kappa shape index (κ3) is 3.01. The quantitative estimate of drug-likeness (QED) is 0.690. The molecule has 0 atom stereocenters. The van der Waals surface area contributed by atoms with E-state index in [0.717, 1.165) is 0 Å². The Morgan fingerprint density at radius 3 is 2.93 bits per heavy atom. The number of rotatable bonds is 3. The van der Waals surface area contributed by atoms with Crippen molar-refractivity contribution >= 4 is 17.4 Å². The summed E-state index contributed by atoms with van der Waals surface area (Å²) in [6, 6.07) is 0. The third-order valence-electron chi connectivity index (χ3n) is 1.51. The summed E-state index contributed by atoms with van der Waals surface area (Å²) < 4.78 is 0. The molecule has 5 nitrogen and oxygen atoms in total. The topological polar surface area (TPSA) is 83.8 Å². The highest BCUT2D eigenvalue weighted by Crippen LogP contribution is 2.12. The first-order valence-electron chi connectivity index (χ1n) is 4.16. The number of hydrogen-bond acceptors (Lipinski definition) is 4. The molecule has 78 valence electrons. The molecule has 4 N–H and O–H groups in total. The SMILES string of the molecule is CC(C)(N)CNc1nc[nH]c(=O)c1Cl. The summed E-state index contributed by atoms with van der Waals surface area (Å²) in [7, 11) is 0. The van der Waals surface area contributed by atoms with Gasteiger partial charge in [0, 0.05) is 12.1 Å². The fourth-order valence-corrected chi connectivity index (χ4v) is 0.988. The second-order valence-electron chi connectivity index (χ2n) is 3.74. The number of nitrogens with two attached hydrogens (primary N) is 1.